The summed E-state index contributed by atoms with van der Waals surface area (Å²) in [5, 5.41) is 6.53. The summed E-state index contributed by atoms with van der Waals surface area (Å²) >= 11 is 6.57. The maximum Gasteiger partial charge on any atom is 0.319 e. The average molecular weight is 533 g/mol. The number of pyridine rings is 1. The van der Waals surface area contributed by atoms with Gasteiger partial charge in [0.2, 0.25) is 0 Å². The Balaban J connectivity index is 1.35. The molecule has 0 spiro atoms. The fraction of sp³-hybridized carbons (Fsp3) is 0.414. The number of hydrogen-bond acceptors (Lipinski definition) is 7. The monoisotopic (exact) mass is 532 g/mol. The van der Waals surface area contributed by atoms with Crippen LogP contribution in [-0.4, -0.2) is 71.8 Å². The summed E-state index contributed by atoms with van der Waals surface area (Å²) in [6.07, 6.45) is 5.06. The van der Waals surface area contributed by atoms with Gasteiger partial charge in [-0.05, 0) is 44.3 Å². The lowest BCUT2D eigenvalue weighted by molar-refractivity contribution is 0.233. The number of halogens is 2. The first-order valence-electron chi connectivity index (χ1n) is 13.4. The number of nitrogens with one attached hydrogen (secondary N) is 1. The van der Waals surface area contributed by atoms with Gasteiger partial charge in [-0.15, -0.1) is 0 Å². The van der Waals surface area contributed by atoms with Crippen molar-refractivity contribution in [2.24, 2.45) is 5.92 Å². The Morgan fingerprint density at radius 1 is 1.05 bits per heavy atom. The third-order valence-corrected chi connectivity index (χ3v) is 8.52. The Kier molecular flexibility index (Phi) is 6.06. The molecule has 38 heavy (non-hydrogen) atoms. The quantitative estimate of drug-likeness (QED) is 0.392. The van der Waals surface area contributed by atoms with Gasteiger partial charge in [0.15, 0.2) is 5.82 Å². The van der Waals surface area contributed by atoms with Gasteiger partial charge in [-0.25, -0.2) is 4.39 Å². The van der Waals surface area contributed by atoms with Crippen LogP contribution in [0.15, 0.2) is 42.6 Å². The largest absolute Gasteiger partial charge is 0.463 e. The number of fused-ring (bicyclic) bond motifs is 4. The average Bonchev–Trinajstić information content (AvgIpc) is 3.50. The molecule has 3 saturated heterocycles. The van der Waals surface area contributed by atoms with Gasteiger partial charge in [0.1, 0.15) is 17.0 Å². The van der Waals surface area contributed by atoms with E-state index in [-0.39, 0.29) is 17.2 Å². The second-order valence-electron chi connectivity index (χ2n) is 10.9. The van der Waals surface area contributed by atoms with E-state index in [0.29, 0.717) is 46.4 Å². The minimum atomic E-state index is -0.484. The summed E-state index contributed by atoms with van der Waals surface area (Å²) < 4.78 is 22.5. The van der Waals surface area contributed by atoms with Crippen molar-refractivity contribution < 1.29 is 9.13 Å². The van der Waals surface area contributed by atoms with E-state index in [9.17, 15) is 0 Å². The number of likely N-dealkylation sites (tertiary alicyclic amines) is 1. The molecule has 5 heterocycles. The minimum absolute atomic E-state index is 0.222. The molecule has 196 valence electrons. The van der Waals surface area contributed by atoms with E-state index < -0.39 is 5.82 Å². The van der Waals surface area contributed by atoms with Crippen molar-refractivity contribution in [3.8, 4) is 17.3 Å². The topological polar surface area (TPSA) is 66.4 Å². The lowest BCUT2D eigenvalue weighted by Crippen LogP contribution is -2.51. The molecule has 0 amide bonds. The molecule has 3 aliphatic heterocycles. The van der Waals surface area contributed by atoms with Crippen molar-refractivity contribution in [1.82, 2.24) is 25.2 Å². The molecule has 0 radical (unpaired) electrons. The standard InChI is InChI=1S/C29H30ClFN6O/c1-36-11-10-17(13-36)16-38-29-34-27-22(28(35-29)37-14-19-8-9-20(15-37)33-19)12-32-26(25(27)31)21-6-2-4-18-5-3-7-23(30)24(18)21/h2-7,12,17,19-20,33H,8-11,13-16H2,1H3/t17-,19-,20+/m1/s1. The fourth-order valence-corrected chi connectivity index (χ4v) is 6.62. The summed E-state index contributed by atoms with van der Waals surface area (Å²) in [6.45, 7) is 4.18. The number of aromatic nitrogens is 3. The van der Waals surface area contributed by atoms with Crippen LogP contribution in [0.1, 0.15) is 19.3 Å². The van der Waals surface area contributed by atoms with Gasteiger partial charge in [0, 0.05) is 59.8 Å². The summed E-state index contributed by atoms with van der Waals surface area (Å²) in [5.41, 5.74) is 1.10. The van der Waals surface area contributed by atoms with Gasteiger partial charge < -0.3 is 19.9 Å². The van der Waals surface area contributed by atoms with Crippen LogP contribution in [0.5, 0.6) is 6.01 Å². The van der Waals surface area contributed by atoms with E-state index in [1.54, 1.807) is 6.20 Å². The van der Waals surface area contributed by atoms with Gasteiger partial charge in [-0.1, -0.05) is 41.9 Å². The number of rotatable bonds is 5. The highest BCUT2D eigenvalue weighted by Crippen LogP contribution is 2.38. The van der Waals surface area contributed by atoms with Gasteiger partial charge >= 0.3 is 6.01 Å². The molecule has 0 saturated carbocycles. The predicted molar refractivity (Wildman–Crippen MR) is 149 cm³/mol. The number of nitrogens with zero attached hydrogens (tertiary/aromatic N) is 5. The van der Waals surface area contributed by atoms with Crippen LogP contribution < -0.4 is 15.0 Å². The van der Waals surface area contributed by atoms with Gasteiger partial charge in [-0.3, -0.25) is 4.98 Å². The summed E-state index contributed by atoms with van der Waals surface area (Å²) in [6, 6.07) is 12.4. The SMILES string of the molecule is CN1CC[C@@H](COc2nc(N3C[C@H]4CC[C@@H](C3)N4)c3cnc(-c4cccc5cccc(Cl)c45)c(F)c3n2)C1. The van der Waals surface area contributed by atoms with Crippen molar-refractivity contribution in [2.75, 3.05) is 44.7 Å². The number of ether oxygens (including phenoxy) is 1. The van der Waals surface area contributed by atoms with E-state index in [0.717, 1.165) is 56.2 Å². The molecule has 4 aromatic rings. The smallest absolute Gasteiger partial charge is 0.319 e. The Morgan fingerprint density at radius 3 is 2.61 bits per heavy atom. The molecule has 0 unspecified atom stereocenters. The summed E-state index contributed by atoms with van der Waals surface area (Å²) in [5.74, 6) is 0.622. The first-order valence-corrected chi connectivity index (χ1v) is 13.8. The van der Waals surface area contributed by atoms with E-state index in [1.807, 2.05) is 36.4 Å². The Hall–Kier alpha value is -3.07. The van der Waals surface area contributed by atoms with Gasteiger partial charge in [0.05, 0.1) is 12.0 Å². The molecule has 0 aliphatic carbocycles. The van der Waals surface area contributed by atoms with Crippen molar-refractivity contribution in [1.29, 1.82) is 0 Å². The number of benzene rings is 2. The maximum absolute atomic E-state index is 16.4. The lowest BCUT2D eigenvalue weighted by atomic mass is 10.0. The molecule has 1 N–H and O–H groups in total. The zero-order chi connectivity index (χ0) is 25.8. The molecule has 3 aliphatic rings. The van der Waals surface area contributed by atoms with Crippen LogP contribution in [0.4, 0.5) is 10.2 Å². The summed E-state index contributed by atoms with van der Waals surface area (Å²) in [4.78, 5) is 18.6. The molecule has 2 bridgehead atoms. The zero-order valence-corrected chi connectivity index (χ0v) is 22.1. The summed E-state index contributed by atoms with van der Waals surface area (Å²) in [7, 11) is 2.12. The fourth-order valence-electron chi connectivity index (χ4n) is 6.33. The van der Waals surface area contributed by atoms with E-state index in [2.05, 4.69) is 32.1 Å². The van der Waals surface area contributed by atoms with Crippen molar-refractivity contribution >= 4 is 39.1 Å². The maximum atomic E-state index is 16.4. The van der Waals surface area contributed by atoms with Crippen LogP contribution in [0.3, 0.4) is 0 Å². The third-order valence-electron chi connectivity index (χ3n) is 8.21. The lowest BCUT2D eigenvalue weighted by Gasteiger charge is -2.34. The van der Waals surface area contributed by atoms with Crippen molar-refractivity contribution in [3.63, 3.8) is 0 Å². The Morgan fingerprint density at radius 2 is 1.84 bits per heavy atom. The highest BCUT2D eigenvalue weighted by atomic mass is 35.5. The van der Waals surface area contributed by atoms with E-state index in [1.165, 1.54) is 0 Å². The Labute approximate surface area is 226 Å². The molecule has 2 aromatic heterocycles. The van der Waals surface area contributed by atoms with Crippen molar-refractivity contribution in [3.05, 3.63) is 53.4 Å². The molecule has 9 heteroatoms. The highest BCUT2D eigenvalue weighted by molar-refractivity contribution is 6.36. The number of anilines is 1. The Bertz CT molecular complexity index is 1520. The molecule has 3 fully saturated rings. The second kappa shape index (κ2) is 9.59. The van der Waals surface area contributed by atoms with E-state index >= 15 is 4.39 Å². The molecule has 3 atom stereocenters. The third kappa shape index (κ3) is 4.25. The van der Waals surface area contributed by atoms with Gasteiger partial charge in [0.25, 0.3) is 0 Å². The van der Waals surface area contributed by atoms with Crippen LogP contribution in [-0.2, 0) is 0 Å². The molecular formula is C29H30ClFN6O. The van der Waals surface area contributed by atoms with Crippen LogP contribution >= 0.6 is 11.6 Å². The zero-order valence-electron chi connectivity index (χ0n) is 21.3. The first kappa shape index (κ1) is 24.0. The molecule has 7 nitrogen and oxygen atoms in total. The highest BCUT2D eigenvalue weighted by Gasteiger charge is 2.34. The normalized spacial score (nSPS) is 23.6. The second-order valence-corrected chi connectivity index (χ2v) is 11.3. The molecular weight excluding hydrogens is 503 g/mol. The minimum Gasteiger partial charge on any atom is -0.463 e. The van der Waals surface area contributed by atoms with Crippen LogP contribution in [0.25, 0.3) is 32.9 Å². The van der Waals surface area contributed by atoms with E-state index in [4.69, 9.17) is 21.3 Å². The predicted octanol–water partition coefficient (Wildman–Crippen LogP) is 4.91. The van der Waals surface area contributed by atoms with Crippen molar-refractivity contribution in [2.45, 2.75) is 31.3 Å². The van der Waals surface area contributed by atoms with Crippen LogP contribution in [0, 0.1) is 11.7 Å². The first-order chi connectivity index (χ1) is 18.5. The molecule has 2 aromatic carbocycles. The number of piperazine rings is 1. The number of hydrogen-bond donors (Lipinski definition) is 1. The van der Waals surface area contributed by atoms with Crippen LogP contribution in [0.2, 0.25) is 5.02 Å². The van der Waals surface area contributed by atoms with Gasteiger partial charge in [-0.2, -0.15) is 9.97 Å². The molecule has 7 rings (SSSR count).